The van der Waals surface area contributed by atoms with Gasteiger partial charge in [-0.25, -0.2) is 0 Å². The van der Waals surface area contributed by atoms with E-state index in [0.29, 0.717) is 6.54 Å². The van der Waals surface area contributed by atoms with Crippen LogP contribution in [-0.2, 0) is 11.3 Å². The highest BCUT2D eigenvalue weighted by Gasteiger charge is 2.16. The zero-order chi connectivity index (χ0) is 13.0. The first kappa shape index (κ1) is 12.9. The van der Waals surface area contributed by atoms with Gasteiger partial charge in [-0.15, -0.1) is 0 Å². The molecule has 2 rings (SSSR count). The summed E-state index contributed by atoms with van der Waals surface area (Å²) in [4.78, 5) is 15.6. The lowest BCUT2D eigenvalue weighted by molar-refractivity contribution is -0.128. The maximum Gasteiger partial charge on any atom is 0.219 e. The van der Waals surface area contributed by atoms with Gasteiger partial charge in [0.1, 0.15) is 0 Å². The number of anilines is 1. The molecule has 0 atom stereocenters. The number of hydrogen-bond acceptors (Lipinski definition) is 3. The maximum atomic E-state index is 11.4. The lowest BCUT2D eigenvalue weighted by Gasteiger charge is -2.23. The molecule has 0 saturated carbocycles. The molecule has 0 aliphatic carbocycles. The summed E-state index contributed by atoms with van der Waals surface area (Å²) in [6.45, 7) is 5.78. The number of carbonyl (C=O) groups is 1. The van der Waals surface area contributed by atoms with Crippen molar-refractivity contribution in [3.05, 3.63) is 29.8 Å². The van der Waals surface area contributed by atoms with E-state index in [9.17, 15) is 4.79 Å². The van der Waals surface area contributed by atoms with Crippen LogP contribution < -0.4 is 10.6 Å². The second-order valence-corrected chi connectivity index (χ2v) is 4.72. The average molecular weight is 247 g/mol. The van der Waals surface area contributed by atoms with Crippen LogP contribution in [0, 0.1) is 0 Å². The molecule has 1 fully saturated rings. The number of amides is 1. The molecule has 1 aromatic rings. The van der Waals surface area contributed by atoms with E-state index in [-0.39, 0.29) is 5.91 Å². The van der Waals surface area contributed by atoms with Crippen LogP contribution in [0.2, 0.25) is 0 Å². The molecule has 1 aliphatic rings. The highest BCUT2D eigenvalue weighted by atomic mass is 16.2. The molecule has 4 heteroatoms. The Morgan fingerprint density at radius 3 is 2.83 bits per heavy atom. The highest BCUT2D eigenvalue weighted by Crippen LogP contribution is 2.18. The fourth-order valence-electron chi connectivity index (χ4n) is 2.37. The molecule has 1 aromatic carbocycles. The first-order valence-corrected chi connectivity index (χ1v) is 6.50. The van der Waals surface area contributed by atoms with Gasteiger partial charge in [-0.05, 0) is 24.1 Å². The SMILES string of the molecule is CC(=O)N1CCCN(c2cccc(CN)c2)CC1. The predicted molar refractivity (Wildman–Crippen MR) is 73.4 cm³/mol. The Labute approximate surface area is 108 Å². The van der Waals surface area contributed by atoms with E-state index in [1.165, 1.54) is 5.69 Å². The largest absolute Gasteiger partial charge is 0.370 e. The maximum absolute atomic E-state index is 11.4. The minimum absolute atomic E-state index is 0.174. The third kappa shape index (κ3) is 3.01. The molecule has 0 unspecified atom stereocenters. The van der Waals surface area contributed by atoms with Gasteiger partial charge in [0.05, 0.1) is 0 Å². The highest BCUT2D eigenvalue weighted by molar-refractivity contribution is 5.73. The van der Waals surface area contributed by atoms with Gasteiger partial charge in [0.15, 0.2) is 0 Å². The zero-order valence-electron chi connectivity index (χ0n) is 10.9. The molecule has 1 heterocycles. The van der Waals surface area contributed by atoms with Gasteiger partial charge in [-0.1, -0.05) is 12.1 Å². The van der Waals surface area contributed by atoms with Crippen molar-refractivity contribution in [3.63, 3.8) is 0 Å². The van der Waals surface area contributed by atoms with E-state index in [1.54, 1.807) is 6.92 Å². The van der Waals surface area contributed by atoms with E-state index in [4.69, 9.17) is 5.73 Å². The van der Waals surface area contributed by atoms with Gasteiger partial charge >= 0.3 is 0 Å². The lowest BCUT2D eigenvalue weighted by atomic mass is 10.2. The molecular formula is C14H21N3O. The Hall–Kier alpha value is -1.55. The first-order valence-electron chi connectivity index (χ1n) is 6.50. The molecule has 4 nitrogen and oxygen atoms in total. The number of hydrogen-bond donors (Lipinski definition) is 1. The molecule has 0 radical (unpaired) electrons. The van der Waals surface area contributed by atoms with Crippen LogP contribution in [0.5, 0.6) is 0 Å². The van der Waals surface area contributed by atoms with Crippen LogP contribution >= 0.6 is 0 Å². The smallest absolute Gasteiger partial charge is 0.219 e. The fraction of sp³-hybridized carbons (Fsp3) is 0.500. The van der Waals surface area contributed by atoms with Crippen molar-refractivity contribution in [1.82, 2.24) is 4.90 Å². The topological polar surface area (TPSA) is 49.6 Å². The minimum atomic E-state index is 0.174. The summed E-state index contributed by atoms with van der Waals surface area (Å²) in [7, 11) is 0. The van der Waals surface area contributed by atoms with Crippen molar-refractivity contribution in [2.75, 3.05) is 31.1 Å². The fourth-order valence-corrected chi connectivity index (χ4v) is 2.37. The van der Waals surface area contributed by atoms with Gasteiger partial charge in [-0.2, -0.15) is 0 Å². The van der Waals surface area contributed by atoms with Crippen LogP contribution in [0.15, 0.2) is 24.3 Å². The van der Waals surface area contributed by atoms with Crippen LogP contribution in [0.25, 0.3) is 0 Å². The first-order chi connectivity index (χ1) is 8.70. The van der Waals surface area contributed by atoms with Crippen molar-refractivity contribution in [1.29, 1.82) is 0 Å². The summed E-state index contributed by atoms with van der Waals surface area (Å²) in [6, 6.07) is 8.35. The number of benzene rings is 1. The molecule has 2 N–H and O–H groups in total. The lowest BCUT2D eigenvalue weighted by Crippen LogP contribution is -2.33. The molecule has 1 saturated heterocycles. The van der Waals surface area contributed by atoms with E-state index in [2.05, 4.69) is 17.0 Å². The van der Waals surface area contributed by atoms with E-state index in [0.717, 1.165) is 38.2 Å². The van der Waals surface area contributed by atoms with Gasteiger partial charge < -0.3 is 15.5 Å². The normalized spacial score (nSPS) is 16.6. The summed E-state index contributed by atoms with van der Waals surface area (Å²) in [5, 5.41) is 0. The molecule has 18 heavy (non-hydrogen) atoms. The summed E-state index contributed by atoms with van der Waals surface area (Å²) < 4.78 is 0. The molecule has 0 spiro atoms. The van der Waals surface area contributed by atoms with E-state index < -0.39 is 0 Å². The average Bonchev–Trinajstić information content (AvgIpc) is 2.64. The summed E-state index contributed by atoms with van der Waals surface area (Å²) in [6.07, 6.45) is 1.02. The number of rotatable bonds is 2. The molecule has 1 aliphatic heterocycles. The quantitative estimate of drug-likeness (QED) is 0.854. The standard InChI is InChI=1S/C14H21N3O/c1-12(18)16-6-3-7-17(9-8-16)14-5-2-4-13(10-14)11-15/h2,4-5,10H,3,6-9,11,15H2,1H3. The summed E-state index contributed by atoms with van der Waals surface area (Å²) in [5.74, 6) is 0.174. The van der Waals surface area contributed by atoms with Crippen molar-refractivity contribution in [3.8, 4) is 0 Å². The van der Waals surface area contributed by atoms with Crippen LogP contribution in [0.1, 0.15) is 18.9 Å². The van der Waals surface area contributed by atoms with Gasteiger partial charge in [0.2, 0.25) is 5.91 Å². The molecule has 98 valence electrons. The van der Waals surface area contributed by atoms with Gasteiger partial charge in [0, 0.05) is 45.3 Å². The Balaban J connectivity index is 2.07. The second kappa shape index (κ2) is 5.87. The Kier molecular flexibility index (Phi) is 4.20. The van der Waals surface area contributed by atoms with Gasteiger partial charge in [-0.3, -0.25) is 4.79 Å². The Morgan fingerprint density at radius 2 is 2.11 bits per heavy atom. The molecule has 0 aromatic heterocycles. The van der Waals surface area contributed by atoms with Gasteiger partial charge in [0.25, 0.3) is 0 Å². The van der Waals surface area contributed by atoms with Crippen molar-refractivity contribution >= 4 is 11.6 Å². The van der Waals surface area contributed by atoms with E-state index in [1.807, 2.05) is 17.0 Å². The van der Waals surface area contributed by atoms with Crippen LogP contribution in [0.4, 0.5) is 5.69 Å². The Morgan fingerprint density at radius 1 is 1.28 bits per heavy atom. The summed E-state index contributed by atoms with van der Waals surface area (Å²) in [5.41, 5.74) is 8.03. The van der Waals surface area contributed by atoms with E-state index >= 15 is 0 Å². The summed E-state index contributed by atoms with van der Waals surface area (Å²) >= 11 is 0. The monoisotopic (exact) mass is 247 g/mol. The molecule has 0 bridgehead atoms. The van der Waals surface area contributed by atoms with Crippen molar-refractivity contribution in [2.24, 2.45) is 5.73 Å². The second-order valence-electron chi connectivity index (χ2n) is 4.72. The number of nitrogens with two attached hydrogens (primary N) is 1. The minimum Gasteiger partial charge on any atom is -0.370 e. The van der Waals surface area contributed by atoms with Crippen molar-refractivity contribution < 1.29 is 4.79 Å². The zero-order valence-corrected chi connectivity index (χ0v) is 10.9. The predicted octanol–water partition coefficient (Wildman–Crippen LogP) is 1.20. The Bertz CT molecular complexity index is 419. The number of carbonyl (C=O) groups excluding carboxylic acids is 1. The van der Waals surface area contributed by atoms with Crippen molar-refractivity contribution in [2.45, 2.75) is 19.9 Å². The molecule has 1 amide bonds. The van der Waals surface area contributed by atoms with Crippen LogP contribution in [0.3, 0.4) is 0 Å². The third-order valence-electron chi connectivity index (χ3n) is 3.45. The van der Waals surface area contributed by atoms with Crippen LogP contribution in [-0.4, -0.2) is 37.0 Å². The molecular weight excluding hydrogens is 226 g/mol. The third-order valence-corrected chi connectivity index (χ3v) is 3.45. The number of nitrogens with zero attached hydrogens (tertiary/aromatic N) is 2.